The van der Waals surface area contributed by atoms with Crippen molar-refractivity contribution < 1.29 is 9.53 Å². The van der Waals surface area contributed by atoms with Gasteiger partial charge in [-0.15, -0.1) is 0 Å². The molecule has 0 saturated carbocycles. The van der Waals surface area contributed by atoms with Crippen molar-refractivity contribution in [1.29, 1.82) is 0 Å². The maximum atomic E-state index is 11.9. The molecule has 0 bridgehead atoms. The fourth-order valence-corrected chi connectivity index (χ4v) is 1.74. The highest BCUT2D eigenvalue weighted by atomic mass is 16.5. The lowest BCUT2D eigenvalue weighted by Gasteiger charge is -2.13. The van der Waals surface area contributed by atoms with E-state index in [2.05, 4.69) is 10.6 Å². The summed E-state index contributed by atoms with van der Waals surface area (Å²) >= 11 is 0. The summed E-state index contributed by atoms with van der Waals surface area (Å²) in [5.41, 5.74) is 1.68. The Hall–Kier alpha value is -1.39. The standard InChI is InChI=1S/C14H22N2O2/c1-4-15-11(2)9-16-14(17)13-7-5-6-12(8-13)10-18-3/h5-8,11,15H,4,9-10H2,1-3H3,(H,16,17)/t11-/m1/s1. The van der Waals surface area contributed by atoms with E-state index in [0.29, 0.717) is 18.7 Å². The number of hydrogen-bond acceptors (Lipinski definition) is 3. The molecule has 0 saturated heterocycles. The lowest BCUT2D eigenvalue weighted by Crippen LogP contribution is -2.38. The molecule has 0 unspecified atom stereocenters. The number of nitrogens with one attached hydrogen (secondary N) is 2. The highest BCUT2D eigenvalue weighted by Gasteiger charge is 2.07. The van der Waals surface area contributed by atoms with E-state index in [0.717, 1.165) is 12.1 Å². The summed E-state index contributed by atoms with van der Waals surface area (Å²) < 4.78 is 5.05. The second kappa shape index (κ2) is 7.84. The number of benzene rings is 1. The van der Waals surface area contributed by atoms with Gasteiger partial charge in [0.05, 0.1) is 6.61 Å². The number of methoxy groups -OCH3 is 1. The largest absolute Gasteiger partial charge is 0.380 e. The molecular formula is C14H22N2O2. The highest BCUT2D eigenvalue weighted by molar-refractivity contribution is 5.94. The van der Waals surface area contributed by atoms with Crippen molar-refractivity contribution in [3.63, 3.8) is 0 Å². The van der Waals surface area contributed by atoms with E-state index in [1.54, 1.807) is 7.11 Å². The van der Waals surface area contributed by atoms with E-state index in [-0.39, 0.29) is 11.9 Å². The third-order valence-corrected chi connectivity index (χ3v) is 2.62. The number of amides is 1. The molecule has 4 heteroatoms. The van der Waals surface area contributed by atoms with Crippen LogP contribution in [-0.4, -0.2) is 32.1 Å². The van der Waals surface area contributed by atoms with Gasteiger partial charge < -0.3 is 15.4 Å². The van der Waals surface area contributed by atoms with Crippen molar-refractivity contribution in [2.45, 2.75) is 26.5 Å². The van der Waals surface area contributed by atoms with E-state index in [4.69, 9.17) is 4.74 Å². The second-order valence-electron chi connectivity index (χ2n) is 4.30. The van der Waals surface area contributed by atoms with Crippen LogP contribution in [0.3, 0.4) is 0 Å². The number of hydrogen-bond donors (Lipinski definition) is 2. The van der Waals surface area contributed by atoms with Gasteiger partial charge in [-0.2, -0.15) is 0 Å². The first kappa shape index (κ1) is 14.7. The summed E-state index contributed by atoms with van der Waals surface area (Å²) in [6.07, 6.45) is 0. The van der Waals surface area contributed by atoms with Gasteiger partial charge in [-0.1, -0.05) is 19.1 Å². The molecule has 100 valence electrons. The molecule has 1 aromatic carbocycles. The normalized spacial score (nSPS) is 12.2. The van der Waals surface area contributed by atoms with Gasteiger partial charge in [0.15, 0.2) is 0 Å². The maximum absolute atomic E-state index is 11.9. The van der Waals surface area contributed by atoms with Gasteiger partial charge in [0, 0.05) is 25.3 Å². The molecular weight excluding hydrogens is 228 g/mol. The van der Waals surface area contributed by atoms with Gasteiger partial charge in [0.1, 0.15) is 0 Å². The summed E-state index contributed by atoms with van der Waals surface area (Å²) in [7, 11) is 1.64. The summed E-state index contributed by atoms with van der Waals surface area (Å²) in [5.74, 6) is -0.0438. The van der Waals surface area contributed by atoms with Gasteiger partial charge in [-0.25, -0.2) is 0 Å². The van der Waals surface area contributed by atoms with E-state index in [9.17, 15) is 4.79 Å². The molecule has 18 heavy (non-hydrogen) atoms. The molecule has 1 atom stereocenters. The third-order valence-electron chi connectivity index (χ3n) is 2.62. The Balaban J connectivity index is 2.53. The van der Waals surface area contributed by atoms with Crippen molar-refractivity contribution >= 4 is 5.91 Å². The molecule has 0 heterocycles. The van der Waals surface area contributed by atoms with Crippen LogP contribution in [0.5, 0.6) is 0 Å². The Morgan fingerprint density at radius 3 is 2.89 bits per heavy atom. The first-order chi connectivity index (χ1) is 8.67. The van der Waals surface area contributed by atoms with Crippen molar-refractivity contribution in [3.8, 4) is 0 Å². The Morgan fingerprint density at radius 2 is 2.22 bits per heavy atom. The zero-order valence-electron chi connectivity index (χ0n) is 11.3. The van der Waals surface area contributed by atoms with Crippen molar-refractivity contribution in [2.75, 3.05) is 20.2 Å². The van der Waals surface area contributed by atoms with Crippen LogP contribution in [0.25, 0.3) is 0 Å². The molecule has 0 spiro atoms. The average Bonchev–Trinajstić information content (AvgIpc) is 2.37. The average molecular weight is 250 g/mol. The van der Waals surface area contributed by atoms with Gasteiger partial charge in [0.25, 0.3) is 5.91 Å². The molecule has 0 aliphatic rings. The first-order valence-corrected chi connectivity index (χ1v) is 6.26. The first-order valence-electron chi connectivity index (χ1n) is 6.26. The van der Waals surface area contributed by atoms with Crippen molar-refractivity contribution in [2.24, 2.45) is 0 Å². The SMILES string of the molecule is CCN[C@H](C)CNC(=O)c1cccc(COC)c1. The smallest absolute Gasteiger partial charge is 0.251 e. The zero-order chi connectivity index (χ0) is 13.4. The van der Waals surface area contributed by atoms with Crippen LogP contribution in [0.15, 0.2) is 24.3 Å². The van der Waals surface area contributed by atoms with Crippen molar-refractivity contribution in [1.82, 2.24) is 10.6 Å². The molecule has 0 fully saturated rings. The zero-order valence-corrected chi connectivity index (χ0v) is 11.3. The minimum atomic E-state index is -0.0438. The Bertz CT molecular complexity index is 380. The minimum Gasteiger partial charge on any atom is -0.380 e. The molecule has 0 aliphatic heterocycles. The van der Waals surface area contributed by atoms with Crippen LogP contribution in [-0.2, 0) is 11.3 Å². The number of carbonyl (C=O) groups excluding carboxylic acids is 1. The number of ether oxygens (including phenoxy) is 1. The number of likely N-dealkylation sites (N-methyl/N-ethyl adjacent to an activating group) is 1. The lowest BCUT2D eigenvalue weighted by molar-refractivity contribution is 0.0950. The van der Waals surface area contributed by atoms with E-state index >= 15 is 0 Å². The third kappa shape index (κ3) is 4.85. The predicted octanol–water partition coefficient (Wildman–Crippen LogP) is 1.56. The molecule has 0 aromatic heterocycles. The molecule has 1 amide bonds. The second-order valence-corrected chi connectivity index (χ2v) is 4.30. The fourth-order valence-electron chi connectivity index (χ4n) is 1.74. The van der Waals surface area contributed by atoms with Gasteiger partial charge in [-0.05, 0) is 31.2 Å². The molecule has 4 nitrogen and oxygen atoms in total. The van der Waals surface area contributed by atoms with Gasteiger partial charge >= 0.3 is 0 Å². The van der Waals surface area contributed by atoms with E-state index < -0.39 is 0 Å². The Kier molecular flexibility index (Phi) is 6.39. The number of carbonyl (C=O) groups is 1. The minimum absolute atomic E-state index is 0.0438. The van der Waals surface area contributed by atoms with Gasteiger partial charge in [-0.3, -0.25) is 4.79 Å². The van der Waals surface area contributed by atoms with Crippen LogP contribution < -0.4 is 10.6 Å². The summed E-state index contributed by atoms with van der Waals surface area (Å²) in [6, 6.07) is 7.77. The van der Waals surface area contributed by atoms with Crippen LogP contribution in [0.1, 0.15) is 29.8 Å². The lowest BCUT2D eigenvalue weighted by atomic mass is 10.1. The van der Waals surface area contributed by atoms with Gasteiger partial charge in [0.2, 0.25) is 0 Å². The molecule has 1 rings (SSSR count). The van der Waals surface area contributed by atoms with Crippen LogP contribution in [0.2, 0.25) is 0 Å². The van der Waals surface area contributed by atoms with Crippen LogP contribution >= 0.6 is 0 Å². The molecule has 1 aromatic rings. The Labute approximate surface area is 109 Å². The topological polar surface area (TPSA) is 50.4 Å². The summed E-state index contributed by atoms with van der Waals surface area (Å²) in [5, 5.41) is 6.16. The maximum Gasteiger partial charge on any atom is 0.251 e. The monoisotopic (exact) mass is 250 g/mol. The van der Waals surface area contributed by atoms with Crippen LogP contribution in [0.4, 0.5) is 0 Å². The summed E-state index contributed by atoms with van der Waals surface area (Å²) in [4.78, 5) is 11.9. The summed E-state index contributed by atoms with van der Waals surface area (Å²) in [6.45, 7) is 6.15. The number of rotatable bonds is 7. The van der Waals surface area contributed by atoms with Crippen LogP contribution in [0, 0.1) is 0 Å². The van der Waals surface area contributed by atoms with Crippen molar-refractivity contribution in [3.05, 3.63) is 35.4 Å². The quantitative estimate of drug-likeness (QED) is 0.772. The molecule has 0 aliphatic carbocycles. The van der Waals surface area contributed by atoms with E-state index in [1.165, 1.54) is 0 Å². The highest BCUT2D eigenvalue weighted by Crippen LogP contribution is 2.06. The predicted molar refractivity (Wildman–Crippen MR) is 72.6 cm³/mol. The molecule has 0 radical (unpaired) electrons. The van der Waals surface area contributed by atoms with E-state index in [1.807, 2.05) is 38.1 Å². The Morgan fingerprint density at radius 1 is 1.44 bits per heavy atom. The molecule has 2 N–H and O–H groups in total. The fraction of sp³-hybridized carbons (Fsp3) is 0.500.